The van der Waals surface area contributed by atoms with E-state index in [-0.39, 0.29) is 42.8 Å². The smallest absolute Gasteiger partial charge is 0.325 e. The molecule has 0 aromatic heterocycles. The Bertz CT molecular complexity index is 1040. The van der Waals surface area contributed by atoms with Gasteiger partial charge >= 0.3 is 5.97 Å². The molecule has 0 spiro atoms. The fourth-order valence-electron chi connectivity index (χ4n) is 3.17. The molecule has 1 heterocycles. The molecule has 1 aliphatic heterocycles. The number of nitro groups is 1. The highest BCUT2D eigenvalue weighted by molar-refractivity contribution is 5.97. The first-order valence-corrected chi connectivity index (χ1v) is 9.62. The molecule has 0 aliphatic carbocycles. The SMILES string of the molecule is COc1cc(C(=O)NCC(=O)OCc2cc([N+](=O)[O-])cc3c2OCOC3)cc(OC)c1OC. The van der Waals surface area contributed by atoms with E-state index in [9.17, 15) is 19.7 Å². The van der Waals surface area contributed by atoms with Crippen molar-refractivity contribution in [1.82, 2.24) is 5.32 Å². The van der Waals surface area contributed by atoms with E-state index in [1.807, 2.05) is 0 Å². The molecular weight excluding hydrogens is 440 g/mol. The van der Waals surface area contributed by atoms with E-state index in [2.05, 4.69) is 5.32 Å². The molecule has 0 saturated carbocycles. The number of ether oxygens (including phenoxy) is 6. The van der Waals surface area contributed by atoms with Crippen LogP contribution in [0, 0.1) is 10.1 Å². The van der Waals surface area contributed by atoms with Gasteiger partial charge in [-0.25, -0.2) is 0 Å². The van der Waals surface area contributed by atoms with Crippen molar-refractivity contribution in [3.8, 4) is 23.0 Å². The van der Waals surface area contributed by atoms with Crippen molar-refractivity contribution in [2.75, 3.05) is 34.7 Å². The number of hydrogen-bond donors (Lipinski definition) is 1. The van der Waals surface area contributed by atoms with Gasteiger partial charge in [-0.1, -0.05) is 0 Å². The zero-order valence-corrected chi connectivity index (χ0v) is 18.2. The van der Waals surface area contributed by atoms with Gasteiger partial charge in [0.2, 0.25) is 5.75 Å². The molecule has 0 radical (unpaired) electrons. The van der Waals surface area contributed by atoms with Gasteiger partial charge in [0.1, 0.15) is 18.9 Å². The molecule has 12 nitrogen and oxygen atoms in total. The van der Waals surface area contributed by atoms with Crippen LogP contribution in [-0.4, -0.2) is 51.5 Å². The first kappa shape index (κ1) is 23.6. The van der Waals surface area contributed by atoms with Crippen molar-refractivity contribution in [3.63, 3.8) is 0 Å². The number of hydrogen-bond acceptors (Lipinski definition) is 10. The molecule has 2 aromatic rings. The Hall–Kier alpha value is -4.06. The minimum absolute atomic E-state index is 0.0173. The lowest BCUT2D eigenvalue weighted by atomic mass is 10.1. The number of carbonyl (C=O) groups excluding carboxylic acids is 2. The van der Waals surface area contributed by atoms with Crippen LogP contribution in [0.15, 0.2) is 24.3 Å². The molecule has 0 bridgehead atoms. The average Bonchev–Trinajstić information content (AvgIpc) is 2.84. The molecule has 0 fully saturated rings. The van der Waals surface area contributed by atoms with Crippen molar-refractivity contribution in [2.24, 2.45) is 0 Å². The van der Waals surface area contributed by atoms with E-state index in [4.69, 9.17) is 28.4 Å². The largest absolute Gasteiger partial charge is 0.493 e. The topological polar surface area (TPSA) is 145 Å². The van der Waals surface area contributed by atoms with Crippen LogP contribution in [0.3, 0.4) is 0 Å². The van der Waals surface area contributed by atoms with Crippen LogP contribution in [0.25, 0.3) is 0 Å². The third-order valence-corrected chi connectivity index (χ3v) is 4.69. The minimum Gasteiger partial charge on any atom is -0.493 e. The second-order valence-corrected chi connectivity index (χ2v) is 6.72. The number of esters is 1. The highest BCUT2D eigenvalue weighted by Crippen LogP contribution is 2.38. The molecule has 1 N–H and O–H groups in total. The second-order valence-electron chi connectivity index (χ2n) is 6.72. The summed E-state index contributed by atoms with van der Waals surface area (Å²) >= 11 is 0. The summed E-state index contributed by atoms with van der Waals surface area (Å²) in [5.41, 5.74) is 0.812. The van der Waals surface area contributed by atoms with Crippen molar-refractivity contribution in [1.29, 1.82) is 0 Å². The number of non-ortho nitro benzene ring substituents is 1. The van der Waals surface area contributed by atoms with Crippen molar-refractivity contribution in [3.05, 3.63) is 51.1 Å². The predicted molar refractivity (Wildman–Crippen MR) is 112 cm³/mol. The maximum atomic E-state index is 12.5. The van der Waals surface area contributed by atoms with Gasteiger partial charge < -0.3 is 33.7 Å². The van der Waals surface area contributed by atoms with Gasteiger partial charge in [0.25, 0.3) is 11.6 Å². The monoisotopic (exact) mass is 462 g/mol. The van der Waals surface area contributed by atoms with Crippen LogP contribution >= 0.6 is 0 Å². The van der Waals surface area contributed by atoms with Gasteiger partial charge in [-0.15, -0.1) is 0 Å². The number of methoxy groups -OCH3 is 3. The Morgan fingerprint density at radius 3 is 2.39 bits per heavy atom. The molecule has 12 heteroatoms. The number of amides is 1. The van der Waals surface area contributed by atoms with Crippen molar-refractivity contribution in [2.45, 2.75) is 13.2 Å². The fourth-order valence-corrected chi connectivity index (χ4v) is 3.17. The molecule has 0 atom stereocenters. The summed E-state index contributed by atoms with van der Waals surface area (Å²) in [6, 6.07) is 5.50. The van der Waals surface area contributed by atoms with Crippen LogP contribution < -0.4 is 24.3 Å². The fraction of sp³-hybridized carbons (Fsp3) is 0.333. The minimum atomic E-state index is -0.747. The van der Waals surface area contributed by atoms with E-state index in [0.717, 1.165) is 0 Å². The molecule has 1 aliphatic rings. The molecule has 1 amide bonds. The number of rotatable bonds is 9. The van der Waals surface area contributed by atoms with Gasteiger partial charge in [-0.3, -0.25) is 19.7 Å². The standard InChI is InChI=1S/C21H22N2O10/c1-28-16-6-12(7-17(29-2)20(16)30-3)21(25)22-8-18(24)32-10-14-5-15(23(26)27)4-13-9-31-11-33-19(13)14/h4-7H,8-11H2,1-3H3,(H,22,25). The number of nitro benzene ring substituents is 1. The third kappa shape index (κ3) is 5.41. The van der Waals surface area contributed by atoms with Gasteiger partial charge in [0.15, 0.2) is 18.3 Å². The Morgan fingerprint density at radius 1 is 1.09 bits per heavy atom. The first-order valence-electron chi connectivity index (χ1n) is 9.62. The quantitative estimate of drug-likeness (QED) is 0.333. The van der Waals surface area contributed by atoms with E-state index < -0.39 is 23.3 Å². The number of nitrogens with one attached hydrogen (secondary N) is 1. The Balaban J connectivity index is 1.64. The summed E-state index contributed by atoms with van der Waals surface area (Å²) < 4.78 is 31.3. The highest BCUT2D eigenvalue weighted by atomic mass is 16.7. The summed E-state index contributed by atoms with van der Waals surface area (Å²) in [6.07, 6.45) is 0. The summed E-state index contributed by atoms with van der Waals surface area (Å²) in [5, 5.41) is 13.6. The van der Waals surface area contributed by atoms with Gasteiger partial charge in [-0.2, -0.15) is 0 Å². The molecule has 0 saturated heterocycles. The number of fused-ring (bicyclic) bond motifs is 1. The number of nitrogens with zero attached hydrogens (tertiary/aromatic N) is 1. The summed E-state index contributed by atoms with van der Waals surface area (Å²) in [6.45, 7) is -0.584. The highest BCUT2D eigenvalue weighted by Gasteiger charge is 2.22. The Labute approximate surface area is 188 Å². The van der Waals surface area contributed by atoms with E-state index >= 15 is 0 Å². The molecule has 2 aromatic carbocycles. The molecular formula is C21H22N2O10. The summed E-state index contributed by atoms with van der Waals surface area (Å²) in [7, 11) is 4.27. The van der Waals surface area contributed by atoms with Gasteiger partial charge in [0, 0.05) is 28.8 Å². The zero-order chi connectivity index (χ0) is 24.0. The van der Waals surface area contributed by atoms with E-state index in [0.29, 0.717) is 22.6 Å². The van der Waals surface area contributed by atoms with E-state index in [1.54, 1.807) is 0 Å². The van der Waals surface area contributed by atoms with E-state index in [1.165, 1.54) is 45.6 Å². The van der Waals surface area contributed by atoms with Crippen LogP contribution in [0.2, 0.25) is 0 Å². The molecule has 3 rings (SSSR count). The average molecular weight is 462 g/mol. The lowest BCUT2D eigenvalue weighted by molar-refractivity contribution is -0.385. The Morgan fingerprint density at radius 2 is 1.79 bits per heavy atom. The maximum Gasteiger partial charge on any atom is 0.325 e. The van der Waals surface area contributed by atoms with Crippen LogP contribution in [0.1, 0.15) is 21.5 Å². The predicted octanol–water partition coefficient (Wildman–Crippen LogP) is 1.96. The second kappa shape index (κ2) is 10.5. The normalized spacial score (nSPS) is 12.1. The number of benzene rings is 2. The van der Waals surface area contributed by atoms with Crippen molar-refractivity contribution >= 4 is 17.6 Å². The first-order chi connectivity index (χ1) is 15.9. The van der Waals surface area contributed by atoms with Gasteiger partial charge in [0.05, 0.1) is 32.9 Å². The summed E-state index contributed by atoms with van der Waals surface area (Å²) in [4.78, 5) is 35.3. The lowest BCUT2D eigenvalue weighted by Gasteiger charge is -2.20. The van der Waals surface area contributed by atoms with Crippen LogP contribution in [-0.2, 0) is 27.5 Å². The van der Waals surface area contributed by atoms with Crippen LogP contribution in [0.4, 0.5) is 5.69 Å². The lowest BCUT2D eigenvalue weighted by Crippen LogP contribution is -2.30. The van der Waals surface area contributed by atoms with Crippen LogP contribution in [0.5, 0.6) is 23.0 Å². The number of carbonyl (C=O) groups is 2. The Kier molecular flexibility index (Phi) is 7.51. The molecule has 176 valence electrons. The summed E-state index contributed by atoms with van der Waals surface area (Å²) in [5.74, 6) is -0.0551. The molecule has 0 unspecified atom stereocenters. The zero-order valence-electron chi connectivity index (χ0n) is 18.2. The maximum absolute atomic E-state index is 12.5. The van der Waals surface area contributed by atoms with Gasteiger partial charge in [-0.05, 0) is 12.1 Å². The third-order valence-electron chi connectivity index (χ3n) is 4.69. The molecule has 33 heavy (non-hydrogen) atoms. The van der Waals surface area contributed by atoms with Crippen molar-refractivity contribution < 1.29 is 42.9 Å².